The molecule has 5 nitrogen and oxygen atoms in total. The number of hydrogen-bond acceptors (Lipinski definition) is 4. The standard InChI is InChI=1S/C13H18N2O3/c1-8(12(14)15-16)17-10-6-4-5-9-7-13(2,3)18-11(9)10/h4-6,8,16H,7H2,1-3H3,(H2,14,15). The summed E-state index contributed by atoms with van der Waals surface area (Å²) in [6.07, 6.45) is 0.339. The Balaban J connectivity index is 2.25. The smallest absolute Gasteiger partial charge is 0.180 e. The van der Waals surface area contributed by atoms with Crippen molar-refractivity contribution in [2.24, 2.45) is 10.9 Å². The third kappa shape index (κ3) is 2.34. The lowest BCUT2D eigenvalue weighted by Gasteiger charge is -2.19. The molecule has 5 heteroatoms. The summed E-state index contributed by atoms with van der Waals surface area (Å²) in [6, 6.07) is 5.75. The third-order valence-electron chi connectivity index (χ3n) is 2.89. The van der Waals surface area contributed by atoms with Crippen molar-refractivity contribution in [1.82, 2.24) is 0 Å². The van der Waals surface area contributed by atoms with Crippen LogP contribution in [0, 0.1) is 0 Å². The summed E-state index contributed by atoms with van der Waals surface area (Å²) in [4.78, 5) is 0. The average Bonchev–Trinajstić information content (AvgIpc) is 2.63. The molecule has 1 unspecified atom stereocenters. The highest BCUT2D eigenvalue weighted by molar-refractivity contribution is 5.84. The van der Waals surface area contributed by atoms with E-state index in [1.165, 1.54) is 0 Å². The van der Waals surface area contributed by atoms with E-state index in [4.69, 9.17) is 20.4 Å². The summed E-state index contributed by atoms with van der Waals surface area (Å²) >= 11 is 0. The van der Waals surface area contributed by atoms with Gasteiger partial charge in [-0.1, -0.05) is 17.3 Å². The Bertz CT molecular complexity index is 483. The summed E-state index contributed by atoms with van der Waals surface area (Å²) in [5.74, 6) is 1.40. The molecule has 1 aliphatic rings. The maximum absolute atomic E-state index is 8.61. The first-order valence-electron chi connectivity index (χ1n) is 5.88. The van der Waals surface area contributed by atoms with Gasteiger partial charge in [-0.2, -0.15) is 0 Å². The molecule has 0 bridgehead atoms. The van der Waals surface area contributed by atoms with E-state index in [2.05, 4.69) is 5.16 Å². The number of nitrogens with zero attached hydrogens (tertiary/aromatic N) is 1. The Morgan fingerprint density at radius 1 is 1.56 bits per heavy atom. The van der Waals surface area contributed by atoms with Gasteiger partial charge in [-0.3, -0.25) is 0 Å². The van der Waals surface area contributed by atoms with E-state index in [0.29, 0.717) is 5.75 Å². The summed E-state index contributed by atoms with van der Waals surface area (Å²) in [6.45, 7) is 5.78. The van der Waals surface area contributed by atoms with Crippen LogP contribution in [0.1, 0.15) is 26.3 Å². The van der Waals surface area contributed by atoms with Gasteiger partial charge in [0.25, 0.3) is 0 Å². The molecule has 1 atom stereocenters. The van der Waals surface area contributed by atoms with Gasteiger partial charge in [0, 0.05) is 12.0 Å². The highest BCUT2D eigenvalue weighted by Gasteiger charge is 2.32. The highest BCUT2D eigenvalue weighted by Crippen LogP contribution is 2.41. The minimum absolute atomic E-state index is 0.0323. The fourth-order valence-electron chi connectivity index (χ4n) is 2.01. The van der Waals surface area contributed by atoms with Crippen LogP contribution in [-0.2, 0) is 6.42 Å². The fourth-order valence-corrected chi connectivity index (χ4v) is 2.01. The first-order valence-corrected chi connectivity index (χ1v) is 5.88. The third-order valence-corrected chi connectivity index (χ3v) is 2.89. The van der Waals surface area contributed by atoms with Gasteiger partial charge in [-0.15, -0.1) is 0 Å². The van der Waals surface area contributed by atoms with E-state index in [1.54, 1.807) is 6.92 Å². The molecule has 1 aliphatic heterocycles. The van der Waals surface area contributed by atoms with E-state index in [9.17, 15) is 0 Å². The first kappa shape index (κ1) is 12.5. The molecule has 0 amide bonds. The summed E-state index contributed by atoms with van der Waals surface area (Å²) < 4.78 is 11.5. The lowest BCUT2D eigenvalue weighted by atomic mass is 10.0. The predicted molar refractivity (Wildman–Crippen MR) is 68.4 cm³/mol. The quantitative estimate of drug-likeness (QED) is 0.372. The molecule has 3 N–H and O–H groups in total. The van der Waals surface area contributed by atoms with Crippen LogP contribution in [-0.4, -0.2) is 22.7 Å². The number of fused-ring (bicyclic) bond motifs is 1. The molecule has 1 heterocycles. The molecule has 0 saturated heterocycles. The molecule has 0 aliphatic carbocycles. The van der Waals surface area contributed by atoms with Crippen molar-refractivity contribution in [3.63, 3.8) is 0 Å². The van der Waals surface area contributed by atoms with E-state index in [1.807, 2.05) is 32.0 Å². The monoisotopic (exact) mass is 250 g/mol. The van der Waals surface area contributed by atoms with Gasteiger partial charge in [-0.25, -0.2) is 0 Å². The molecular formula is C13H18N2O3. The van der Waals surface area contributed by atoms with Crippen molar-refractivity contribution in [1.29, 1.82) is 0 Å². The van der Waals surface area contributed by atoms with E-state index in [-0.39, 0.29) is 11.4 Å². The number of oxime groups is 1. The topological polar surface area (TPSA) is 77.1 Å². The molecule has 0 aromatic heterocycles. The number of hydrogen-bond donors (Lipinski definition) is 2. The molecule has 0 radical (unpaired) electrons. The molecular weight excluding hydrogens is 232 g/mol. The lowest BCUT2D eigenvalue weighted by Crippen LogP contribution is -2.31. The Hall–Kier alpha value is -1.91. The number of benzene rings is 1. The number of nitrogens with two attached hydrogens (primary N) is 1. The van der Waals surface area contributed by atoms with Crippen LogP contribution in [0.15, 0.2) is 23.4 Å². The van der Waals surface area contributed by atoms with E-state index < -0.39 is 6.10 Å². The molecule has 18 heavy (non-hydrogen) atoms. The van der Waals surface area contributed by atoms with Gasteiger partial charge in [0.1, 0.15) is 5.60 Å². The summed E-state index contributed by atoms with van der Waals surface area (Å²) in [5, 5.41) is 11.5. The van der Waals surface area contributed by atoms with Gasteiger partial charge in [0.2, 0.25) is 0 Å². The number of ether oxygens (including phenoxy) is 2. The second kappa shape index (κ2) is 4.40. The zero-order valence-corrected chi connectivity index (χ0v) is 10.8. The molecule has 1 aromatic carbocycles. The Morgan fingerprint density at radius 2 is 2.28 bits per heavy atom. The molecule has 0 saturated carbocycles. The number of para-hydroxylation sites is 1. The predicted octanol–water partition coefficient (Wildman–Crippen LogP) is 1.91. The minimum Gasteiger partial charge on any atom is -0.483 e. The van der Waals surface area contributed by atoms with Gasteiger partial charge in [0.05, 0.1) is 0 Å². The van der Waals surface area contributed by atoms with Crippen LogP contribution in [0.5, 0.6) is 11.5 Å². The van der Waals surface area contributed by atoms with E-state index in [0.717, 1.165) is 17.7 Å². The lowest BCUT2D eigenvalue weighted by molar-refractivity contribution is 0.130. The normalized spacial score (nSPS) is 18.9. The molecule has 98 valence electrons. The van der Waals surface area contributed by atoms with Gasteiger partial charge >= 0.3 is 0 Å². The number of rotatable bonds is 3. The average molecular weight is 250 g/mol. The van der Waals surface area contributed by atoms with Crippen molar-refractivity contribution in [3.05, 3.63) is 23.8 Å². The van der Waals surface area contributed by atoms with Crippen molar-refractivity contribution >= 4 is 5.84 Å². The zero-order valence-electron chi connectivity index (χ0n) is 10.8. The maximum Gasteiger partial charge on any atom is 0.180 e. The minimum atomic E-state index is -0.506. The maximum atomic E-state index is 8.61. The largest absolute Gasteiger partial charge is 0.483 e. The van der Waals surface area contributed by atoms with Crippen molar-refractivity contribution in [2.45, 2.75) is 38.9 Å². The zero-order chi connectivity index (χ0) is 13.3. The van der Waals surface area contributed by atoms with Gasteiger partial charge in [0.15, 0.2) is 23.4 Å². The fraction of sp³-hybridized carbons (Fsp3) is 0.462. The SMILES string of the molecule is CC(Oc1cccc2c1OC(C)(C)C2)C(N)=NO. The number of amidine groups is 1. The Kier molecular flexibility index (Phi) is 3.07. The second-order valence-corrected chi connectivity index (χ2v) is 5.07. The van der Waals surface area contributed by atoms with E-state index >= 15 is 0 Å². The summed E-state index contributed by atoms with van der Waals surface area (Å²) in [5.41, 5.74) is 6.39. The summed E-state index contributed by atoms with van der Waals surface area (Å²) in [7, 11) is 0. The second-order valence-electron chi connectivity index (χ2n) is 5.07. The van der Waals surface area contributed by atoms with Crippen molar-refractivity contribution in [3.8, 4) is 11.5 Å². The molecule has 1 aromatic rings. The highest BCUT2D eigenvalue weighted by atomic mass is 16.5. The van der Waals surface area contributed by atoms with Crippen LogP contribution in [0.4, 0.5) is 0 Å². The van der Waals surface area contributed by atoms with Crippen molar-refractivity contribution in [2.75, 3.05) is 0 Å². The molecule has 2 rings (SSSR count). The van der Waals surface area contributed by atoms with Crippen LogP contribution < -0.4 is 15.2 Å². The first-order chi connectivity index (χ1) is 8.43. The Morgan fingerprint density at radius 3 is 2.94 bits per heavy atom. The molecule has 0 fully saturated rings. The molecule has 0 spiro atoms. The van der Waals surface area contributed by atoms with Crippen molar-refractivity contribution < 1.29 is 14.7 Å². The van der Waals surface area contributed by atoms with Gasteiger partial charge in [-0.05, 0) is 26.8 Å². The van der Waals surface area contributed by atoms with Gasteiger partial charge < -0.3 is 20.4 Å². The van der Waals surface area contributed by atoms with Crippen LogP contribution in [0.2, 0.25) is 0 Å². The van der Waals surface area contributed by atoms with Crippen LogP contribution in [0.25, 0.3) is 0 Å². The van der Waals surface area contributed by atoms with Crippen LogP contribution in [0.3, 0.4) is 0 Å². The van der Waals surface area contributed by atoms with Crippen LogP contribution >= 0.6 is 0 Å². The Labute approximate surface area is 106 Å².